The van der Waals surface area contributed by atoms with Crippen LogP contribution in [0.15, 0.2) is 88.5 Å². The molecule has 0 aliphatic rings. The number of sulfonamides is 1. The number of fused-ring (bicyclic) bond motifs is 6. The van der Waals surface area contributed by atoms with E-state index < -0.39 is 21.5 Å². The van der Waals surface area contributed by atoms with Crippen LogP contribution in [0.3, 0.4) is 0 Å². The fourth-order valence-corrected chi connectivity index (χ4v) is 5.96. The molecule has 0 saturated carbocycles. The largest absolute Gasteiger partial charge is 0.439 e. The number of anilines is 1. The minimum Gasteiger partial charge on any atom is -0.439 e. The fraction of sp³-hybridized carbons (Fsp3) is 0.0968. The Kier molecular flexibility index (Phi) is 6.21. The summed E-state index contributed by atoms with van der Waals surface area (Å²) < 4.78 is 51.8. The van der Waals surface area contributed by atoms with Gasteiger partial charge in [-0.3, -0.25) is 23.3 Å². The molecule has 5 heterocycles. The number of nitrogens with zero attached hydrogens (tertiary/aromatic N) is 4. The molecule has 7 aromatic rings. The molecule has 0 aliphatic heterocycles. The van der Waals surface area contributed by atoms with E-state index in [9.17, 15) is 22.4 Å². The first-order valence-electron chi connectivity index (χ1n) is 13.6. The number of benzene rings is 2. The van der Waals surface area contributed by atoms with Gasteiger partial charge in [0, 0.05) is 41.7 Å². The lowest BCUT2D eigenvalue weighted by Gasteiger charge is -2.13. The number of carbonyl (C=O) groups is 1. The zero-order valence-corrected chi connectivity index (χ0v) is 24.1. The van der Waals surface area contributed by atoms with E-state index in [-0.39, 0.29) is 34.3 Å². The Hall–Kier alpha value is -5.56. The second-order valence-corrected chi connectivity index (χ2v) is 12.1. The molecule has 0 bridgehead atoms. The smallest absolute Gasteiger partial charge is 0.257 e. The van der Waals surface area contributed by atoms with E-state index in [4.69, 9.17) is 9.40 Å². The van der Waals surface area contributed by atoms with E-state index in [0.717, 1.165) is 0 Å². The van der Waals surface area contributed by atoms with Crippen LogP contribution in [0.4, 0.5) is 10.1 Å². The topological polar surface area (TPSA) is 141 Å². The fourth-order valence-electron chi connectivity index (χ4n) is 5.31. The molecule has 1 amide bonds. The minimum absolute atomic E-state index is 0.0225. The number of nitrogens with one attached hydrogen (secondary N) is 2. The quantitative estimate of drug-likeness (QED) is 0.274. The first-order chi connectivity index (χ1) is 21.2. The van der Waals surface area contributed by atoms with Crippen LogP contribution >= 0.6 is 0 Å². The predicted octanol–water partition coefficient (Wildman–Crippen LogP) is 4.86. The van der Waals surface area contributed by atoms with E-state index in [1.165, 1.54) is 42.9 Å². The number of halogens is 1. The number of hydrogen-bond donors (Lipinski definition) is 2. The van der Waals surface area contributed by atoms with Crippen LogP contribution in [0.1, 0.15) is 17.3 Å². The Labute approximate surface area is 248 Å². The van der Waals surface area contributed by atoms with E-state index in [0.29, 0.717) is 44.1 Å². The second kappa shape index (κ2) is 10.0. The average molecular weight is 611 g/mol. The van der Waals surface area contributed by atoms with E-state index in [1.54, 1.807) is 59.3 Å². The van der Waals surface area contributed by atoms with Crippen LogP contribution in [0.5, 0.6) is 0 Å². The highest BCUT2D eigenvalue weighted by molar-refractivity contribution is 7.92. The van der Waals surface area contributed by atoms with Crippen molar-refractivity contribution < 1.29 is 22.0 Å². The van der Waals surface area contributed by atoms with Gasteiger partial charge >= 0.3 is 0 Å². The molecule has 220 valence electrons. The first kappa shape index (κ1) is 27.3. The highest BCUT2D eigenvalue weighted by Gasteiger charge is 2.25. The lowest BCUT2D eigenvalue weighted by Crippen LogP contribution is -2.22. The highest BCUT2D eigenvalue weighted by atomic mass is 32.2. The molecule has 13 heteroatoms. The average Bonchev–Trinajstić information content (AvgIpc) is 3.59. The molecule has 7 rings (SSSR count). The van der Waals surface area contributed by atoms with Gasteiger partial charge in [-0.25, -0.2) is 22.8 Å². The number of amides is 1. The van der Waals surface area contributed by atoms with Crippen LogP contribution in [-0.2, 0) is 10.0 Å². The first-order valence-corrected chi connectivity index (χ1v) is 15.2. The van der Waals surface area contributed by atoms with Gasteiger partial charge in [-0.05, 0) is 49.4 Å². The molecule has 44 heavy (non-hydrogen) atoms. The van der Waals surface area contributed by atoms with Gasteiger partial charge in [0.05, 0.1) is 33.7 Å². The third kappa shape index (κ3) is 4.28. The third-order valence-corrected chi connectivity index (χ3v) is 8.78. The zero-order chi connectivity index (χ0) is 30.7. The van der Waals surface area contributed by atoms with Gasteiger partial charge in [0.2, 0.25) is 15.9 Å². The zero-order valence-electron chi connectivity index (χ0n) is 23.3. The molecule has 11 nitrogen and oxygen atoms in total. The van der Waals surface area contributed by atoms with Crippen molar-refractivity contribution in [2.45, 2.75) is 6.92 Å². The molecule has 2 N–H and O–H groups in total. The van der Waals surface area contributed by atoms with E-state index in [2.05, 4.69) is 15.0 Å². The molecular formula is C31H23FN6O5S. The molecule has 5 aromatic heterocycles. The van der Waals surface area contributed by atoms with Crippen LogP contribution < -0.4 is 15.6 Å². The Balaban J connectivity index is 1.54. The maximum absolute atomic E-state index is 14.7. The number of aromatic nitrogens is 4. The Morgan fingerprint density at radius 2 is 1.86 bits per heavy atom. The minimum atomic E-state index is -3.77. The number of furan rings is 1. The van der Waals surface area contributed by atoms with Gasteiger partial charge in [-0.15, -0.1) is 0 Å². The van der Waals surface area contributed by atoms with Gasteiger partial charge in [0.1, 0.15) is 28.8 Å². The van der Waals surface area contributed by atoms with Crippen molar-refractivity contribution in [1.82, 2.24) is 24.3 Å². The van der Waals surface area contributed by atoms with Crippen molar-refractivity contribution in [2.24, 2.45) is 0 Å². The van der Waals surface area contributed by atoms with Crippen molar-refractivity contribution in [3.05, 3.63) is 101 Å². The Morgan fingerprint density at radius 1 is 1.02 bits per heavy atom. The van der Waals surface area contributed by atoms with Crippen molar-refractivity contribution in [1.29, 1.82) is 0 Å². The van der Waals surface area contributed by atoms with Gasteiger partial charge in [-0.1, -0.05) is 12.1 Å². The summed E-state index contributed by atoms with van der Waals surface area (Å²) in [6, 6.07) is 17.5. The summed E-state index contributed by atoms with van der Waals surface area (Å²) in [7, 11) is -2.31. The van der Waals surface area contributed by atoms with Gasteiger partial charge in [0.25, 0.3) is 11.5 Å². The van der Waals surface area contributed by atoms with Gasteiger partial charge in [0.15, 0.2) is 0 Å². The lowest BCUT2D eigenvalue weighted by molar-refractivity contribution is 0.0963. The number of pyridine rings is 2. The SMILES string of the molecule is CCS(=O)(=O)Nc1cc2oc(-n3ccccc3=O)c(C(=O)NC)c2cc1-c1ccc2ncn3c4cccc(F)c4cc3c2n1. The monoisotopic (exact) mass is 610 g/mol. The third-order valence-electron chi connectivity index (χ3n) is 7.49. The maximum atomic E-state index is 14.7. The summed E-state index contributed by atoms with van der Waals surface area (Å²) in [5.41, 5.74) is 2.92. The van der Waals surface area contributed by atoms with Crippen LogP contribution in [0, 0.1) is 5.82 Å². The number of hydrogen-bond acceptors (Lipinski definition) is 7. The molecule has 0 aliphatic carbocycles. The second-order valence-electron chi connectivity index (χ2n) is 10.1. The van der Waals surface area contributed by atoms with Crippen LogP contribution in [0.25, 0.3) is 55.6 Å². The summed E-state index contributed by atoms with van der Waals surface area (Å²) in [6.07, 6.45) is 3.07. The Morgan fingerprint density at radius 3 is 2.64 bits per heavy atom. The molecule has 2 aromatic carbocycles. The van der Waals surface area contributed by atoms with Gasteiger partial charge in [-0.2, -0.15) is 0 Å². The highest BCUT2D eigenvalue weighted by Crippen LogP contribution is 2.38. The molecule has 0 spiro atoms. The molecule has 0 atom stereocenters. The molecule has 0 saturated heterocycles. The Bertz CT molecular complexity index is 2480. The standard InChI is InChI=1S/C31H23FN6O5S/c1-3-44(41,42)36-23-15-26-19(28(30(40)33-2)31(43-26)37-12-5-4-9-27(37)39)13-18(23)21-10-11-22-29(35-21)25-14-17-20(32)7-6-8-24(17)38(25)16-34-22/h4-16,36H,3H2,1-2H3,(H,33,40). The van der Waals surface area contributed by atoms with E-state index >= 15 is 0 Å². The van der Waals surface area contributed by atoms with Crippen molar-refractivity contribution in [2.75, 3.05) is 17.5 Å². The number of carbonyl (C=O) groups excluding carboxylic acids is 1. The van der Waals surface area contributed by atoms with Crippen molar-refractivity contribution >= 4 is 60.0 Å². The maximum Gasteiger partial charge on any atom is 0.257 e. The predicted molar refractivity (Wildman–Crippen MR) is 165 cm³/mol. The van der Waals surface area contributed by atoms with Crippen LogP contribution in [0.2, 0.25) is 0 Å². The van der Waals surface area contributed by atoms with Crippen molar-refractivity contribution in [3.63, 3.8) is 0 Å². The summed E-state index contributed by atoms with van der Waals surface area (Å²) in [5, 5.41) is 3.33. The molecule has 0 fully saturated rings. The number of rotatable bonds is 6. The van der Waals surface area contributed by atoms with Gasteiger partial charge < -0.3 is 9.73 Å². The summed E-state index contributed by atoms with van der Waals surface area (Å²) >= 11 is 0. The van der Waals surface area contributed by atoms with E-state index in [1.807, 2.05) is 0 Å². The lowest BCUT2D eigenvalue weighted by atomic mass is 10.0. The summed E-state index contributed by atoms with van der Waals surface area (Å²) in [6.45, 7) is 1.50. The summed E-state index contributed by atoms with van der Waals surface area (Å²) in [5.74, 6) is -1.12. The van der Waals surface area contributed by atoms with Crippen LogP contribution in [-0.4, -0.2) is 46.1 Å². The summed E-state index contributed by atoms with van der Waals surface area (Å²) in [4.78, 5) is 35.2. The molecule has 0 unspecified atom stereocenters. The molecule has 0 radical (unpaired) electrons. The molecular weight excluding hydrogens is 587 g/mol. The van der Waals surface area contributed by atoms with Crippen molar-refractivity contribution in [3.8, 4) is 17.1 Å². The normalized spacial score (nSPS) is 12.0.